The van der Waals surface area contributed by atoms with Crippen molar-refractivity contribution in [2.75, 3.05) is 11.5 Å². The number of nitrogen functional groups attached to an aromatic ring is 2. The largest absolute Gasteiger partial charge is 0.506 e. The number of benzene rings is 2. The summed E-state index contributed by atoms with van der Waals surface area (Å²) < 4.78 is 31.0. The van der Waals surface area contributed by atoms with Crippen LogP contribution >= 0.6 is 0 Å². The zero-order valence-electron chi connectivity index (χ0n) is 11.0. The number of nitrogens with zero attached hydrogens (tertiary/aromatic N) is 2. The van der Waals surface area contributed by atoms with Crippen molar-refractivity contribution < 1.29 is 35.1 Å². The molecule has 0 saturated carbocycles. The van der Waals surface area contributed by atoms with Crippen molar-refractivity contribution in [3.8, 4) is 5.75 Å². The molecule has 2 aromatic carbocycles. The molecule has 2 aromatic rings. The number of azo groups is 1. The topological polar surface area (TPSA) is 151 Å². The summed E-state index contributed by atoms with van der Waals surface area (Å²) in [6.07, 6.45) is 0. The molecular formula is C12H12MnN4O4S. The van der Waals surface area contributed by atoms with Crippen molar-refractivity contribution in [3.05, 3.63) is 36.4 Å². The quantitative estimate of drug-likeness (QED) is 0.284. The van der Waals surface area contributed by atoms with Crippen LogP contribution < -0.4 is 11.5 Å². The zero-order chi connectivity index (χ0) is 15.6. The molecule has 0 fully saturated rings. The van der Waals surface area contributed by atoms with Crippen LogP contribution in [0.1, 0.15) is 0 Å². The first-order valence-corrected chi connectivity index (χ1v) is 7.08. The Hall–Kier alpha value is -2.13. The molecule has 0 unspecified atom stereocenters. The molecule has 0 aliphatic carbocycles. The van der Waals surface area contributed by atoms with Crippen LogP contribution in [0, 0.1) is 0 Å². The van der Waals surface area contributed by atoms with Crippen LogP contribution in [0.2, 0.25) is 0 Å². The average molecular weight is 363 g/mol. The minimum absolute atomic E-state index is 0. The molecule has 10 heteroatoms. The van der Waals surface area contributed by atoms with Crippen molar-refractivity contribution in [1.29, 1.82) is 0 Å². The zero-order valence-corrected chi connectivity index (χ0v) is 13.0. The van der Waals surface area contributed by atoms with Crippen LogP contribution in [0.4, 0.5) is 22.7 Å². The van der Waals surface area contributed by atoms with E-state index in [4.69, 9.17) is 16.0 Å². The summed E-state index contributed by atoms with van der Waals surface area (Å²) >= 11 is 0. The number of rotatable bonds is 3. The second kappa shape index (κ2) is 6.75. The van der Waals surface area contributed by atoms with Crippen molar-refractivity contribution >= 4 is 32.9 Å². The first kappa shape index (κ1) is 17.9. The molecule has 1 radical (unpaired) electrons. The van der Waals surface area contributed by atoms with E-state index < -0.39 is 15.0 Å². The molecular weight excluding hydrogens is 351 g/mol. The third-order valence-electron chi connectivity index (χ3n) is 2.56. The molecule has 0 aliphatic heterocycles. The Bertz CT molecular complexity index is 824. The van der Waals surface area contributed by atoms with Gasteiger partial charge in [-0.05, 0) is 36.4 Å². The standard InChI is InChI=1S/C12H12N4O4S.Mn/c13-7-1-3-10(9(14)5-7)15-16-11-6-8(21(18,19)20)2-4-12(11)17;/h1-6,17H,13-14H2,(H,18,19,20);. The molecule has 0 amide bonds. The number of anilines is 2. The first-order valence-electron chi connectivity index (χ1n) is 5.64. The van der Waals surface area contributed by atoms with Gasteiger partial charge in [-0.2, -0.15) is 8.42 Å². The predicted octanol–water partition coefficient (Wildman–Crippen LogP) is 2.22. The Balaban J connectivity index is 0.00000242. The number of nitrogens with two attached hydrogens (primary N) is 2. The summed E-state index contributed by atoms with van der Waals surface area (Å²) in [5, 5.41) is 17.1. The number of phenolic OH excluding ortho intramolecular Hbond substituents is 1. The van der Waals surface area contributed by atoms with Crippen LogP contribution in [0.5, 0.6) is 5.75 Å². The summed E-state index contributed by atoms with van der Waals surface area (Å²) in [5.41, 5.74) is 12.2. The predicted molar refractivity (Wildman–Crippen MR) is 77.4 cm³/mol. The molecule has 0 atom stereocenters. The summed E-state index contributed by atoms with van der Waals surface area (Å²) in [4.78, 5) is -0.403. The monoisotopic (exact) mass is 363 g/mol. The fourth-order valence-electron chi connectivity index (χ4n) is 1.52. The van der Waals surface area contributed by atoms with Gasteiger partial charge in [-0.25, -0.2) is 0 Å². The molecule has 22 heavy (non-hydrogen) atoms. The summed E-state index contributed by atoms with van der Waals surface area (Å²) in [6, 6.07) is 7.70. The van der Waals surface area contributed by atoms with Crippen molar-refractivity contribution in [1.82, 2.24) is 0 Å². The fraction of sp³-hybridized carbons (Fsp3) is 0. The van der Waals surface area contributed by atoms with Gasteiger partial charge >= 0.3 is 0 Å². The Morgan fingerprint density at radius 2 is 1.59 bits per heavy atom. The van der Waals surface area contributed by atoms with E-state index >= 15 is 0 Å². The van der Waals surface area contributed by atoms with E-state index in [0.29, 0.717) is 11.4 Å². The van der Waals surface area contributed by atoms with E-state index in [1.165, 1.54) is 12.1 Å². The van der Waals surface area contributed by atoms with E-state index in [1.807, 2.05) is 0 Å². The van der Waals surface area contributed by atoms with Gasteiger partial charge in [-0.1, -0.05) is 0 Å². The van der Waals surface area contributed by atoms with Gasteiger partial charge < -0.3 is 16.6 Å². The van der Waals surface area contributed by atoms with Crippen LogP contribution in [-0.4, -0.2) is 18.1 Å². The minimum atomic E-state index is -4.39. The van der Waals surface area contributed by atoms with Gasteiger partial charge in [0.2, 0.25) is 0 Å². The van der Waals surface area contributed by atoms with E-state index in [1.54, 1.807) is 6.07 Å². The van der Waals surface area contributed by atoms with Gasteiger partial charge in [0.05, 0.1) is 10.6 Å². The van der Waals surface area contributed by atoms with E-state index in [2.05, 4.69) is 10.2 Å². The van der Waals surface area contributed by atoms with Gasteiger partial charge in [0.25, 0.3) is 10.1 Å². The first-order chi connectivity index (χ1) is 9.77. The van der Waals surface area contributed by atoms with Gasteiger partial charge in [0, 0.05) is 22.8 Å². The Morgan fingerprint density at radius 3 is 2.18 bits per heavy atom. The van der Waals surface area contributed by atoms with E-state index in [-0.39, 0.29) is 34.2 Å². The molecule has 2 rings (SSSR count). The van der Waals surface area contributed by atoms with Crippen LogP contribution in [0.15, 0.2) is 51.5 Å². The Kier molecular flexibility index (Phi) is 5.50. The maximum atomic E-state index is 11.0. The smallest absolute Gasteiger partial charge is 0.294 e. The number of hydrogen-bond donors (Lipinski definition) is 4. The second-order valence-electron chi connectivity index (χ2n) is 4.14. The molecule has 117 valence electrons. The van der Waals surface area contributed by atoms with Gasteiger partial charge in [-0.15, -0.1) is 10.2 Å². The average Bonchev–Trinajstić information content (AvgIpc) is 2.38. The molecule has 0 spiro atoms. The van der Waals surface area contributed by atoms with E-state index in [9.17, 15) is 13.5 Å². The SMILES string of the molecule is Nc1ccc(N=Nc2cc(S(=O)(=O)O)ccc2O)c(N)c1.[Mn]. The molecule has 0 aliphatic rings. The normalized spacial score (nSPS) is 11.3. The van der Waals surface area contributed by atoms with Gasteiger partial charge in [-0.3, -0.25) is 4.55 Å². The van der Waals surface area contributed by atoms with Crippen molar-refractivity contribution in [2.45, 2.75) is 4.90 Å². The van der Waals surface area contributed by atoms with E-state index in [0.717, 1.165) is 18.2 Å². The van der Waals surface area contributed by atoms with Crippen molar-refractivity contribution in [2.24, 2.45) is 10.2 Å². The maximum Gasteiger partial charge on any atom is 0.294 e. The third-order valence-corrected chi connectivity index (χ3v) is 3.41. The number of aromatic hydroxyl groups is 1. The fourth-order valence-corrected chi connectivity index (χ4v) is 2.02. The minimum Gasteiger partial charge on any atom is -0.506 e. The number of phenols is 1. The van der Waals surface area contributed by atoms with Crippen molar-refractivity contribution in [3.63, 3.8) is 0 Å². The van der Waals surface area contributed by atoms with Crippen LogP contribution in [0.3, 0.4) is 0 Å². The molecule has 0 heterocycles. The van der Waals surface area contributed by atoms with Gasteiger partial charge in [0.15, 0.2) is 0 Å². The second-order valence-corrected chi connectivity index (χ2v) is 5.57. The van der Waals surface area contributed by atoms with Gasteiger partial charge in [0.1, 0.15) is 17.1 Å². The molecule has 8 nitrogen and oxygen atoms in total. The molecule has 0 bridgehead atoms. The van der Waals surface area contributed by atoms with Crippen LogP contribution in [-0.2, 0) is 27.2 Å². The summed E-state index contributed by atoms with van der Waals surface area (Å²) in [5.74, 6) is -0.292. The summed E-state index contributed by atoms with van der Waals surface area (Å²) in [6.45, 7) is 0. The molecule has 0 aromatic heterocycles. The Labute approximate surface area is 137 Å². The summed E-state index contributed by atoms with van der Waals surface area (Å²) in [7, 11) is -4.39. The maximum absolute atomic E-state index is 11.0. The molecule has 0 saturated heterocycles. The molecule has 6 N–H and O–H groups in total. The Morgan fingerprint density at radius 1 is 0.955 bits per heavy atom. The third kappa shape index (κ3) is 4.18. The van der Waals surface area contributed by atoms with Crippen LogP contribution in [0.25, 0.3) is 0 Å². The number of hydrogen-bond acceptors (Lipinski definition) is 7.